The van der Waals surface area contributed by atoms with E-state index in [1.807, 2.05) is 49.9 Å². The maximum atomic E-state index is 13.7. The Morgan fingerprint density at radius 3 is 1.60 bits per heavy atom. The first-order valence-corrected chi connectivity index (χ1v) is 21.4. The number of imidazole rings is 2. The van der Waals surface area contributed by atoms with Crippen molar-refractivity contribution in [1.29, 1.82) is 0 Å². The van der Waals surface area contributed by atoms with Gasteiger partial charge in [-0.3, -0.25) is 9.59 Å². The number of benzene rings is 1. The van der Waals surface area contributed by atoms with E-state index in [9.17, 15) is 19.2 Å². The maximum Gasteiger partial charge on any atom is 0.407 e. The average Bonchev–Trinajstić information content (AvgIpc) is 4.05. The summed E-state index contributed by atoms with van der Waals surface area (Å²) in [5, 5.41) is 5.43. The summed E-state index contributed by atoms with van der Waals surface area (Å²) < 4.78 is 11.9. The third-order valence-corrected chi connectivity index (χ3v) is 13.5. The molecule has 6 heterocycles. The van der Waals surface area contributed by atoms with Gasteiger partial charge in [-0.15, -0.1) is 22.7 Å². The molecule has 4 N–H and O–H groups in total. The van der Waals surface area contributed by atoms with Gasteiger partial charge in [-0.2, -0.15) is 0 Å². The van der Waals surface area contributed by atoms with Crippen molar-refractivity contribution in [2.75, 3.05) is 27.3 Å². The van der Waals surface area contributed by atoms with E-state index >= 15 is 0 Å². The molecule has 0 radical (unpaired) electrons. The molecule has 0 aliphatic carbocycles. The molecule has 0 saturated carbocycles. The number of likely N-dealkylation sites (tertiary alicyclic amines) is 2. The second-order valence-corrected chi connectivity index (χ2v) is 18.5. The van der Waals surface area contributed by atoms with E-state index in [0.29, 0.717) is 13.1 Å². The van der Waals surface area contributed by atoms with E-state index in [1.165, 1.54) is 28.5 Å². The second kappa shape index (κ2) is 16.9. The fraction of sp³-hybridized carbons (Fsp3) is 0.476. The largest absolute Gasteiger partial charge is 0.453 e. The number of aromatic nitrogens is 4. The van der Waals surface area contributed by atoms with Crippen LogP contribution in [0.5, 0.6) is 0 Å². The standard InChI is InChI=1S/C42H52N8O6S2/c1-21(2)35(47-41(53)55-7)39(51)49-19-23(5)13-29(49)37-43-17-27(45-37)25-9-11-26(12-10-25)31-15-33-34(57-31)16-32(58-33)28-18-44-38(46-28)30-14-24(6)20-50(30)40(52)36(22(3)4)48-42(54)56-8/h9-12,15-18,21-24,29-30,35-36H,13-14,19-20H2,1-8H3,(H,43,45)(H,44,46)(H,47,53)(H,48,54). The Hall–Kier alpha value is -5.22. The van der Waals surface area contributed by atoms with Crippen LogP contribution in [0.1, 0.15) is 78.1 Å². The first-order valence-electron chi connectivity index (χ1n) is 19.8. The minimum Gasteiger partial charge on any atom is -0.453 e. The molecular formula is C42H52N8O6S2. The first-order chi connectivity index (χ1) is 27.7. The molecule has 2 aliphatic heterocycles. The molecule has 6 atom stereocenters. The average molecular weight is 829 g/mol. The van der Waals surface area contributed by atoms with Crippen molar-refractivity contribution in [3.05, 3.63) is 60.4 Å². The molecule has 7 rings (SSSR count). The van der Waals surface area contributed by atoms with Gasteiger partial charge in [0.15, 0.2) is 0 Å². The molecule has 0 bridgehead atoms. The third-order valence-electron chi connectivity index (χ3n) is 11.1. The maximum absolute atomic E-state index is 13.7. The number of alkyl carbamates (subject to hydrolysis) is 2. The van der Waals surface area contributed by atoms with Crippen molar-refractivity contribution in [2.45, 2.75) is 78.6 Å². The highest BCUT2D eigenvalue weighted by molar-refractivity contribution is 7.31. The first kappa shape index (κ1) is 41.0. The SMILES string of the molecule is COC(=O)NC(C(=O)N1CC(C)CC1c1ncc(-c2ccc(-c3cc4sc(-c5cnc(C6CC(C)CN6C(=O)C(NC(=O)OC)C(C)C)[nH]5)cc4s3)cc2)[nH]1)C(C)C. The monoisotopic (exact) mass is 828 g/mol. The Kier molecular flexibility index (Phi) is 12.0. The zero-order valence-electron chi connectivity index (χ0n) is 34.1. The number of thiophene rings is 2. The quantitative estimate of drug-likeness (QED) is 0.104. The molecule has 14 nitrogen and oxygen atoms in total. The lowest BCUT2D eigenvalue weighted by molar-refractivity contribution is -0.136. The van der Waals surface area contributed by atoms with E-state index in [0.717, 1.165) is 51.9 Å². The molecular weight excluding hydrogens is 777 g/mol. The molecule has 1 aromatic carbocycles. The van der Waals surface area contributed by atoms with E-state index < -0.39 is 24.3 Å². The number of nitrogens with zero attached hydrogens (tertiary/aromatic N) is 4. The zero-order valence-corrected chi connectivity index (χ0v) is 35.8. The number of nitrogens with one attached hydrogen (secondary N) is 4. The summed E-state index contributed by atoms with van der Waals surface area (Å²) in [6.45, 7) is 13.1. The van der Waals surface area contributed by atoms with Gasteiger partial charge in [-0.05, 0) is 59.8 Å². The highest BCUT2D eigenvalue weighted by atomic mass is 32.1. The van der Waals surface area contributed by atoms with Gasteiger partial charge in [0, 0.05) is 27.4 Å². The van der Waals surface area contributed by atoms with Gasteiger partial charge in [0.1, 0.15) is 23.7 Å². The minimum absolute atomic E-state index is 0.109. The summed E-state index contributed by atoms with van der Waals surface area (Å²) >= 11 is 3.44. The molecule has 5 aromatic rings. The summed E-state index contributed by atoms with van der Waals surface area (Å²) in [5.41, 5.74) is 3.88. The molecule has 308 valence electrons. The molecule has 4 aromatic heterocycles. The number of amides is 4. The lowest BCUT2D eigenvalue weighted by Gasteiger charge is -2.30. The number of carbonyl (C=O) groups excluding carboxylic acids is 4. The Morgan fingerprint density at radius 2 is 1.12 bits per heavy atom. The lowest BCUT2D eigenvalue weighted by atomic mass is 10.0. The third kappa shape index (κ3) is 8.35. The van der Waals surface area contributed by atoms with Crippen molar-refractivity contribution in [2.24, 2.45) is 23.7 Å². The molecule has 4 amide bonds. The smallest absolute Gasteiger partial charge is 0.407 e. The summed E-state index contributed by atoms with van der Waals surface area (Å²) in [7, 11) is 2.59. The van der Waals surface area contributed by atoms with Gasteiger partial charge in [0.05, 0.1) is 55.0 Å². The number of ether oxygens (including phenoxy) is 2. The van der Waals surface area contributed by atoms with Gasteiger partial charge < -0.3 is 39.9 Å². The molecule has 58 heavy (non-hydrogen) atoms. The Morgan fingerprint density at radius 1 is 0.690 bits per heavy atom. The predicted molar refractivity (Wildman–Crippen MR) is 225 cm³/mol. The topological polar surface area (TPSA) is 175 Å². The Labute approximate surface area is 346 Å². The van der Waals surface area contributed by atoms with Crippen LogP contribution in [0, 0.1) is 23.7 Å². The van der Waals surface area contributed by atoms with Crippen LogP contribution in [-0.4, -0.2) is 93.1 Å². The van der Waals surface area contributed by atoms with Crippen LogP contribution in [0.2, 0.25) is 0 Å². The number of carbonyl (C=O) groups is 4. The fourth-order valence-electron chi connectivity index (χ4n) is 8.06. The van der Waals surface area contributed by atoms with E-state index in [4.69, 9.17) is 19.4 Å². The molecule has 16 heteroatoms. The molecule has 0 spiro atoms. The lowest BCUT2D eigenvalue weighted by Crippen LogP contribution is -2.51. The van der Waals surface area contributed by atoms with Gasteiger partial charge in [0.25, 0.3) is 0 Å². The van der Waals surface area contributed by atoms with Gasteiger partial charge in [0.2, 0.25) is 11.8 Å². The van der Waals surface area contributed by atoms with Crippen molar-refractivity contribution in [3.63, 3.8) is 0 Å². The summed E-state index contributed by atoms with van der Waals surface area (Å²) in [6.07, 6.45) is 3.97. The Bertz CT molecular complexity index is 2240. The van der Waals surface area contributed by atoms with E-state index in [-0.39, 0.29) is 47.6 Å². The van der Waals surface area contributed by atoms with Crippen LogP contribution in [0.4, 0.5) is 9.59 Å². The van der Waals surface area contributed by atoms with Crippen LogP contribution in [0.15, 0.2) is 48.8 Å². The second-order valence-electron chi connectivity index (χ2n) is 16.3. The highest BCUT2D eigenvalue weighted by Crippen LogP contribution is 2.43. The number of methoxy groups -OCH3 is 2. The number of rotatable bonds is 11. The van der Waals surface area contributed by atoms with Crippen molar-refractivity contribution in [1.82, 2.24) is 40.4 Å². The normalized spacial score (nSPS) is 20.5. The van der Waals surface area contributed by atoms with Crippen molar-refractivity contribution >= 4 is 56.1 Å². The van der Waals surface area contributed by atoms with Crippen LogP contribution >= 0.6 is 22.7 Å². The Balaban J connectivity index is 1.03. The van der Waals surface area contributed by atoms with Crippen LogP contribution in [0.25, 0.3) is 41.7 Å². The van der Waals surface area contributed by atoms with Gasteiger partial charge in [-0.1, -0.05) is 65.8 Å². The summed E-state index contributed by atoms with van der Waals surface area (Å²) in [6, 6.07) is 11.0. The molecule has 2 fully saturated rings. The van der Waals surface area contributed by atoms with Crippen molar-refractivity contribution < 1.29 is 28.7 Å². The molecule has 2 aliphatic rings. The van der Waals surface area contributed by atoms with E-state index in [1.54, 1.807) is 22.7 Å². The van der Waals surface area contributed by atoms with E-state index in [2.05, 4.69) is 70.8 Å². The van der Waals surface area contributed by atoms with Crippen molar-refractivity contribution in [3.8, 4) is 32.3 Å². The molecule has 2 saturated heterocycles. The minimum atomic E-state index is -0.696. The number of H-pyrrole nitrogens is 2. The van der Waals surface area contributed by atoms with Crippen LogP contribution in [0.3, 0.4) is 0 Å². The highest BCUT2D eigenvalue weighted by Gasteiger charge is 2.41. The molecule has 6 unspecified atom stereocenters. The van der Waals surface area contributed by atoms with Crippen LogP contribution < -0.4 is 10.6 Å². The number of hydrogen-bond donors (Lipinski definition) is 4. The number of fused-ring (bicyclic) bond motifs is 1. The zero-order chi connectivity index (χ0) is 41.4. The summed E-state index contributed by atoms with van der Waals surface area (Å²) in [4.78, 5) is 73.8. The fourth-order valence-corrected chi connectivity index (χ4v) is 10.4. The predicted octanol–water partition coefficient (Wildman–Crippen LogP) is 7.99. The number of aromatic amines is 2. The summed E-state index contributed by atoms with van der Waals surface area (Å²) in [5.74, 6) is 1.55. The van der Waals surface area contributed by atoms with Gasteiger partial charge in [-0.25, -0.2) is 19.6 Å². The van der Waals surface area contributed by atoms with Gasteiger partial charge >= 0.3 is 12.2 Å². The number of hydrogen-bond acceptors (Lipinski definition) is 10. The van der Waals surface area contributed by atoms with Crippen LogP contribution in [-0.2, 0) is 19.1 Å².